The molecule has 0 spiro atoms. The number of nitrogens with zero attached hydrogens (tertiary/aromatic N) is 2. The Morgan fingerprint density at radius 1 is 1.06 bits per heavy atom. The highest BCUT2D eigenvalue weighted by atomic mass is 35.5. The van der Waals surface area contributed by atoms with Crippen LogP contribution >= 0.6 is 11.6 Å². The summed E-state index contributed by atoms with van der Waals surface area (Å²) in [6.45, 7) is -0.0438. The molecule has 1 heterocycles. The standard InChI is InChI=1S/C25H24ClN3O5S/c26-18-8-6-17(7-9-18)25(12-13-25)23(31)29-15-19(34-35(32,33)20-4-2-1-3-5-20)14-21(29)22(30)28-24(16-27)10-11-24/h1-9,19,21H,10-15H2,(H,28,30). The average Bonchev–Trinajstić information content (AvgIpc) is 3.77. The summed E-state index contributed by atoms with van der Waals surface area (Å²) in [7, 11) is -4.08. The third kappa shape index (κ3) is 4.54. The Morgan fingerprint density at radius 3 is 2.29 bits per heavy atom. The molecule has 2 aromatic rings. The van der Waals surface area contributed by atoms with E-state index in [2.05, 4.69) is 11.4 Å². The molecule has 2 unspecified atom stereocenters. The molecule has 3 fully saturated rings. The molecule has 2 aromatic carbocycles. The van der Waals surface area contributed by atoms with Crippen LogP contribution in [-0.4, -0.2) is 49.4 Å². The zero-order valence-electron chi connectivity index (χ0n) is 18.8. The summed E-state index contributed by atoms with van der Waals surface area (Å²) in [4.78, 5) is 28.4. The van der Waals surface area contributed by atoms with Gasteiger partial charge in [0, 0.05) is 18.0 Å². The highest BCUT2D eigenvalue weighted by molar-refractivity contribution is 7.86. The van der Waals surface area contributed by atoms with E-state index in [0.717, 1.165) is 5.56 Å². The van der Waals surface area contributed by atoms with E-state index in [1.54, 1.807) is 42.5 Å². The van der Waals surface area contributed by atoms with Crippen molar-refractivity contribution in [2.75, 3.05) is 6.54 Å². The summed E-state index contributed by atoms with van der Waals surface area (Å²) < 4.78 is 31.1. The van der Waals surface area contributed by atoms with Gasteiger partial charge in [-0.1, -0.05) is 41.9 Å². The maximum atomic E-state index is 13.8. The van der Waals surface area contributed by atoms with Crippen LogP contribution < -0.4 is 5.32 Å². The van der Waals surface area contributed by atoms with Crippen LogP contribution in [0.15, 0.2) is 59.5 Å². The topological polar surface area (TPSA) is 117 Å². The fraction of sp³-hybridized carbons (Fsp3) is 0.400. The molecule has 8 nitrogen and oxygen atoms in total. The molecular formula is C25H24ClN3O5S. The number of benzene rings is 2. The minimum Gasteiger partial charge on any atom is -0.336 e. The van der Waals surface area contributed by atoms with Crippen molar-refractivity contribution in [1.82, 2.24) is 10.2 Å². The van der Waals surface area contributed by atoms with Gasteiger partial charge in [-0.3, -0.25) is 13.8 Å². The van der Waals surface area contributed by atoms with Crippen LogP contribution in [0, 0.1) is 11.3 Å². The summed E-state index contributed by atoms with van der Waals surface area (Å²) in [5, 5.41) is 12.7. The van der Waals surface area contributed by atoms with Crippen LogP contribution in [0.25, 0.3) is 0 Å². The van der Waals surface area contributed by atoms with Gasteiger partial charge in [0.25, 0.3) is 10.1 Å². The Balaban J connectivity index is 1.41. The molecule has 182 valence electrons. The van der Waals surface area contributed by atoms with Crippen molar-refractivity contribution < 1.29 is 22.2 Å². The van der Waals surface area contributed by atoms with E-state index >= 15 is 0 Å². The molecule has 10 heteroatoms. The number of likely N-dealkylation sites (tertiary alicyclic amines) is 1. The molecule has 0 aromatic heterocycles. The van der Waals surface area contributed by atoms with E-state index in [9.17, 15) is 23.3 Å². The lowest BCUT2D eigenvalue weighted by Gasteiger charge is -2.29. The molecule has 1 aliphatic heterocycles. The molecule has 35 heavy (non-hydrogen) atoms. The van der Waals surface area contributed by atoms with E-state index in [4.69, 9.17) is 15.8 Å². The second-order valence-corrected chi connectivity index (χ2v) is 11.5. The number of halogens is 1. The molecule has 2 atom stereocenters. The molecule has 1 saturated heterocycles. The van der Waals surface area contributed by atoms with E-state index in [1.807, 2.05) is 0 Å². The normalized spacial score (nSPS) is 23.8. The summed E-state index contributed by atoms with van der Waals surface area (Å²) in [6.07, 6.45) is 1.46. The lowest BCUT2D eigenvalue weighted by atomic mass is 9.94. The van der Waals surface area contributed by atoms with Gasteiger partial charge in [-0.05, 0) is 55.5 Å². The van der Waals surface area contributed by atoms with E-state index in [-0.39, 0.29) is 23.8 Å². The lowest BCUT2D eigenvalue weighted by Crippen LogP contribution is -2.51. The zero-order chi connectivity index (χ0) is 24.8. The highest BCUT2D eigenvalue weighted by Crippen LogP contribution is 2.51. The Kier molecular flexibility index (Phi) is 5.86. The van der Waals surface area contributed by atoms with Crippen molar-refractivity contribution in [3.8, 4) is 6.07 Å². The van der Waals surface area contributed by atoms with Crippen molar-refractivity contribution in [3.05, 3.63) is 65.2 Å². The molecule has 3 aliphatic rings. The third-order valence-corrected chi connectivity index (χ3v) is 8.63. The van der Waals surface area contributed by atoms with Gasteiger partial charge in [0.2, 0.25) is 11.8 Å². The minimum absolute atomic E-state index is 0.00650. The number of hydrogen-bond acceptors (Lipinski definition) is 6. The summed E-state index contributed by atoms with van der Waals surface area (Å²) >= 11 is 6.02. The van der Waals surface area contributed by atoms with Crippen molar-refractivity contribution in [3.63, 3.8) is 0 Å². The van der Waals surface area contributed by atoms with Crippen LogP contribution in [0.2, 0.25) is 5.02 Å². The molecule has 0 radical (unpaired) electrons. The smallest absolute Gasteiger partial charge is 0.297 e. The second-order valence-electron chi connectivity index (χ2n) is 9.47. The van der Waals surface area contributed by atoms with Gasteiger partial charge in [0.15, 0.2) is 0 Å². The predicted molar refractivity (Wildman–Crippen MR) is 127 cm³/mol. The van der Waals surface area contributed by atoms with Gasteiger partial charge >= 0.3 is 0 Å². The molecule has 1 N–H and O–H groups in total. The van der Waals surface area contributed by atoms with Gasteiger partial charge < -0.3 is 10.2 Å². The largest absolute Gasteiger partial charge is 0.336 e. The molecule has 0 bridgehead atoms. The second kappa shape index (κ2) is 8.63. The SMILES string of the molecule is N#CC1(NC(=O)C2CC(OS(=O)(=O)c3ccccc3)CN2C(=O)C2(c3ccc(Cl)cc3)CC2)CC1. The van der Waals surface area contributed by atoms with Crippen LogP contribution in [0.4, 0.5) is 0 Å². The Labute approximate surface area is 208 Å². The maximum Gasteiger partial charge on any atom is 0.297 e. The van der Waals surface area contributed by atoms with Gasteiger partial charge in [0.05, 0.1) is 22.5 Å². The van der Waals surface area contributed by atoms with Crippen LogP contribution in [0.3, 0.4) is 0 Å². The zero-order valence-corrected chi connectivity index (χ0v) is 20.4. The van der Waals surface area contributed by atoms with Crippen LogP contribution in [-0.2, 0) is 29.3 Å². The first-order chi connectivity index (χ1) is 16.7. The molecule has 2 saturated carbocycles. The first kappa shape index (κ1) is 23.8. The van der Waals surface area contributed by atoms with Crippen molar-refractivity contribution >= 4 is 33.5 Å². The summed E-state index contributed by atoms with van der Waals surface area (Å²) in [5.74, 6) is -0.711. The fourth-order valence-electron chi connectivity index (χ4n) is 4.67. The van der Waals surface area contributed by atoms with Crippen LogP contribution in [0.1, 0.15) is 37.7 Å². The molecule has 5 rings (SSSR count). The monoisotopic (exact) mass is 513 g/mol. The average molecular weight is 514 g/mol. The number of rotatable bonds is 7. The third-order valence-electron chi connectivity index (χ3n) is 7.00. The fourth-order valence-corrected chi connectivity index (χ4v) is 5.89. The Hall–Kier alpha value is -2.93. The first-order valence-electron chi connectivity index (χ1n) is 11.5. The Bertz CT molecular complexity index is 1300. The number of hydrogen-bond donors (Lipinski definition) is 1. The van der Waals surface area contributed by atoms with Gasteiger partial charge in [-0.15, -0.1) is 0 Å². The van der Waals surface area contributed by atoms with Crippen molar-refractivity contribution in [2.24, 2.45) is 0 Å². The number of amides is 2. The highest BCUT2D eigenvalue weighted by Gasteiger charge is 2.57. The quantitative estimate of drug-likeness (QED) is 0.569. The van der Waals surface area contributed by atoms with Gasteiger partial charge in [-0.2, -0.15) is 13.7 Å². The van der Waals surface area contributed by atoms with E-state index in [0.29, 0.717) is 30.7 Å². The number of carbonyl (C=O) groups is 2. The molecular weight excluding hydrogens is 490 g/mol. The number of nitrogens with one attached hydrogen (secondary N) is 1. The van der Waals surface area contributed by atoms with E-state index < -0.39 is 39.1 Å². The summed E-state index contributed by atoms with van der Waals surface area (Å²) in [5.41, 5.74) is -0.875. The van der Waals surface area contributed by atoms with Gasteiger partial charge in [-0.25, -0.2) is 0 Å². The van der Waals surface area contributed by atoms with E-state index in [1.165, 1.54) is 17.0 Å². The van der Waals surface area contributed by atoms with Crippen molar-refractivity contribution in [2.45, 2.75) is 60.1 Å². The van der Waals surface area contributed by atoms with Gasteiger partial charge in [0.1, 0.15) is 11.6 Å². The predicted octanol–water partition coefficient (Wildman–Crippen LogP) is 2.92. The summed E-state index contributed by atoms with van der Waals surface area (Å²) in [6, 6.07) is 16.0. The van der Waals surface area contributed by atoms with Crippen molar-refractivity contribution in [1.29, 1.82) is 5.26 Å². The molecule has 2 amide bonds. The minimum atomic E-state index is -4.08. The molecule has 2 aliphatic carbocycles. The maximum absolute atomic E-state index is 13.8. The first-order valence-corrected chi connectivity index (χ1v) is 13.3. The van der Waals surface area contributed by atoms with Crippen LogP contribution in [0.5, 0.6) is 0 Å². The Morgan fingerprint density at radius 2 is 1.71 bits per heavy atom. The lowest BCUT2D eigenvalue weighted by molar-refractivity contribution is -0.140. The number of nitriles is 1. The number of carbonyl (C=O) groups excluding carboxylic acids is 2.